The highest BCUT2D eigenvalue weighted by Crippen LogP contribution is 2.47. The Kier molecular flexibility index (Phi) is 3.92. The molecule has 0 fully saturated rings. The summed E-state index contributed by atoms with van der Waals surface area (Å²) in [7, 11) is 0. The van der Waals surface area contributed by atoms with Crippen molar-refractivity contribution in [1.82, 2.24) is 0 Å². The van der Waals surface area contributed by atoms with Crippen LogP contribution in [0.4, 0.5) is 0 Å². The molecule has 0 saturated heterocycles. The van der Waals surface area contributed by atoms with Gasteiger partial charge in [-0.3, -0.25) is 0 Å². The van der Waals surface area contributed by atoms with Crippen LogP contribution in [0.25, 0.3) is 0 Å². The second-order valence-electron chi connectivity index (χ2n) is 5.54. The Morgan fingerprint density at radius 3 is 2.12 bits per heavy atom. The second kappa shape index (κ2) is 4.73. The van der Waals surface area contributed by atoms with Gasteiger partial charge in [-0.25, -0.2) is 0 Å². The van der Waals surface area contributed by atoms with Crippen LogP contribution in [0.2, 0.25) is 0 Å². The average molecular weight is 238 g/mol. The third kappa shape index (κ3) is 1.97. The van der Waals surface area contributed by atoms with Gasteiger partial charge in [0, 0.05) is 11.3 Å². The van der Waals surface area contributed by atoms with Crippen molar-refractivity contribution in [1.29, 1.82) is 0 Å². The molecule has 1 rings (SSSR count). The summed E-state index contributed by atoms with van der Waals surface area (Å²) in [6, 6.07) is 0. The molecule has 0 bridgehead atoms. The van der Waals surface area contributed by atoms with Crippen LogP contribution in [0.15, 0.2) is 23.0 Å². The van der Waals surface area contributed by atoms with E-state index in [1.165, 1.54) is 0 Å². The first-order valence-corrected chi connectivity index (χ1v) is 6.35. The fourth-order valence-electron chi connectivity index (χ4n) is 2.98. The minimum atomic E-state index is -0.316. The van der Waals surface area contributed by atoms with E-state index in [1.807, 2.05) is 13.8 Å². The summed E-state index contributed by atoms with van der Waals surface area (Å²) in [6.07, 6.45) is 1.59. The van der Waals surface area contributed by atoms with Crippen LogP contribution >= 0.6 is 0 Å². The number of rotatable bonds is 3. The highest BCUT2D eigenvalue weighted by Gasteiger charge is 2.49. The molecule has 4 N–H and O–H groups in total. The van der Waals surface area contributed by atoms with Gasteiger partial charge in [0.05, 0.1) is 6.10 Å². The highest BCUT2D eigenvalue weighted by atomic mass is 16.5. The molecule has 98 valence electrons. The normalized spacial score (nSPS) is 25.2. The van der Waals surface area contributed by atoms with Crippen molar-refractivity contribution in [2.24, 2.45) is 23.3 Å². The van der Waals surface area contributed by atoms with Gasteiger partial charge in [0.2, 0.25) is 0 Å². The Balaban J connectivity index is 3.43. The smallest absolute Gasteiger partial charge is 0.101 e. The summed E-state index contributed by atoms with van der Waals surface area (Å²) in [5.74, 6) is 0.715. The van der Waals surface area contributed by atoms with E-state index >= 15 is 0 Å². The van der Waals surface area contributed by atoms with Crippen molar-refractivity contribution in [3.05, 3.63) is 23.0 Å². The van der Waals surface area contributed by atoms with Gasteiger partial charge >= 0.3 is 0 Å². The maximum atomic E-state index is 6.22. The molecule has 0 aromatic rings. The predicted octanol–water partition coefficient (Wildman–Crippen LogP) is 2.53. The van der Waals surface area contributed by atoms with Crippen LogP contribution in [0.1, 0.15) is 41.5 Å². The summed E-state index contributed by atoms with van der Waals surface area (Å²) in [5, 5.41) is 0. The van der Waals surface area contributed by atoms with Gasteiger partial charge in [0.25, 0.3) is 0 Å². The van der Waals surface area contributed by atoms with Gasteiger partial charge in [-0.05, 0) is 37.5 Å². The summed E-state index contributed by atoms with van der Waals surface area (Å²) in [6.45, 7) is 12.7. The quantitative estimate of drug-likeness (QED) is 0.794. The summed E-state index contributed by atoms with van der Waals surface area (Å²) < 4.78 is 6.22. The number of hydrogen-bond acceptors (Lipinski definition) is 3. The van der Waals surface area contributed by atoms with E-state index in [0.717, 1.165) is 16.8 Å². The van der Waals surface area contributed by atoms with Gasteiger partial charge in [-0.2, -0.15) is 0 Å². The first kappa shape index (κ1) is 14.1. The molecule has 0 amide bonds. The molecule has 17 heavy (non-hydrogen) atoms. The van der Waals surface area contributed by atoms with Crippen molar-refractivity contribution in [3.8, 4) is 0 Å². The highest BCUT2D eigenvalue weighted by molar-refractivity contribution is 5.45. The zero-order valence-electron chi connectivity index (χ0n) is 11.9. The van der Waals surface area contributed by atoms with Gasteiger partial charge in [0.1, 0.15) is 5.60 Å². The van der Waals surface area contributed by atoms with Gasteiger partial charge in [0.15, 0.2) is 0 Å². The van der Waals surface area contributed by atoms with Gasteiger partial charge in [-0.15, -0.1) is 0 Å². The zero-order chi connectivity index (χ0) is 13.4. The molecule has 0 aromatic carbocycles. The molecule has 1 unspecified atom stereocenters. The Hall–Kier alpha value is -0.960. The molecule has 0 spiro atoms. The van der Waals surface area contributed by atoms with E-state index < -0.39 is 0 Å². The first-order valence-electron chi connectivity index (χ1n) is 6.35. The van der Waals surface area contributed by atoms with Crippen molar-refractivity contribution in [2.75, 3.05) is 0 Å². The lowest BCUT2D eigenvalue weighted by Crippen LogP contribution is -2.44. The van der Waals surface area contributed by atoms with Crippen LogP contribution in [0.5, 0.6) is 0 Å². The molecule has 3 nitrogen and oxygen atoms in total. The number of nitrogens with two attached hydrogens (primary N) is 2. The van der Waals surface area contributed by atoms with E-state index in [9.17, 15) is 0 Å². The fourth-order valence-corrected chi connectivity index (χ4v) is 2.98. The minimum Gasteiger partial charge on any atom is -0.404 e. The molecule has 1 aliphatic rings. The molecule has 1 aliphatic heterocycles. The number of hydrogen-bond donors (Lipinski definition) is 2. The van der Waals surface area contributed by atoms with Crippen molar-refractivity contribution < 1.29 is 4.74 Å². The van der Waals surface area contributed by atoms with E-state index in [1.54, 1.807) is 6.20 Å². The van der Waals surface area contributed by atoms with Crippen molar-refractivity contribution in [3.63, 3.8) is 0 Å². The molecular weight excluding hydrogens is 212 g/mol. The maximum Gasteiger partial charge on any atom is 0.101 e. The molecule has 3 heteroatoms. The summed E-state index contributed by atoms with van der Waals surface area (Å²) >= 11 is 0. The molecule has 0 aromatic heterocycles. The molecule has 0 radical (unpaired) electrons. The van der Waals surface area contributed by atoms with Crippen LogP contribution < -0.4 is 11.5 Å². The molecule has 1 atom stereocenters. The lowest BCUT2D eigenvalue weighted by molar-refractivity contribution is -0.0837. The Morgan fingerprint density at radius 1 is 1.29 bits per heavy atom. The first-order chi connectivity index (χ1) is 7.78. The summed E-state index contributed by atoms with van der Waals surface area (Å²) in [5.41, 5.74) is 14.5. The van der Waals surface area contributed by atoms with Crippen LogP contribution in [0, 0.1) is 11.8 Å². The second-order valence-corrected chi connectivity index (χ2v) is 5.54. The fraction of sp³-hybridized carbons (Fsp3) is 0.714. The Bertz CT molecular complexity index is 345. The van der Waals surface area contributed by atoms with E-state index in [0.29, 0.717) is 11.8 Å². The Morgan fingerprint density at radius 2 is 1.76 bits per heavy atom. The van der Waals surface area contributed by atoms with Crippen LogP contribution in [-0.4, -0.2) is 11.7 Å². The molecule has 1 heterocycles. The van der Waals surface area contributed by atoms with E-state index in [2.05, 4.69) is 27.7 Å². The monoisotopic (exact) mass is 238 g/mol. The maximum absolute atomic E-state index is 6.22. The number of ether oxygens (including phenoxy) is 1. The largest absolute Gasteiger partial charge is 0.404 e. The van der Waals surface area contributed by atoms with Gasteiger partial charge in [-0.1, -0.05) is 27.7 Å². The van der Waals surface area contributed by atoms with Crippen molar-refractivity contribution in [2.45, 2.75) is 53.2 Å². The summed E-state index contributed by atoms with van der Waals surface area (Å²) in [4.78, 5) is 0. The van der Waals surface area contributed by atoms with E-state index in [-0.39, 0.29) is 11.7 Å². The molecule has 0 aliphatic carbocycles. The lowest BCUT2D eigenvalue weighted by Gasteiger charge is -2.40. The third-order valence-corrected chi connectivity index (χ3v) is 3.85. The van der Waals surface area contributed by atoms with Gasteiger partial charge < -0.3 is 16.2 Å². The minimum absolute atomic E-state index is 0.0373. The van der Waals surface area contributed by atoms with Crippen molar-refractivity contribution >= 4 is 0 Å². The standard InChI is InChI=1S/C14H26N2O/c1-8(2)14(9(3)4)12(10(5)7-15)13(16)11(6)17-14/h7-9,11H,15-16H2,1-6H3/b10-7-. The topological polar surface area (TPSA) is 61.3 Å². The average Bonchev–Trinajstić information content (AvgIpc) is 2.52. The molecule has 0 saturated carbocycles. The van der Waals surface area contributed by atoms with E-state index in [4.69, 9.17) is 16.2 Å². The predicted molar refractivity (Wildman–Crippen MR) is 72.1 cm³/mol. The lowest BCUT2D eigenvalue weighted by atomic mass is 9.73. The zero-order valence-corrected chi connectivity index (χ0v) is 11.9. The SMILES string of the molecule is C/C(=C/N)C1=C(N)C(C)OC1(C(C)C)C(C)C. The third-order valence-electron chi connectivity index (χ3n) is 3.85. The Labute approximate surface area is 105 Å². The molecular formula is C14H26N2O. The van der Waals surface area contributed by atoms with Crippen LogP contribution in [0.3, 0.4) is 0 Å². The van der Waals surface area contributed by atoms with Crippen LogP contribution in [-0.2, 0) is 4.74 Å².